The Morgan fingerprint density at radius 3 is 2.40 bits per heavy atom. The van der Waals surface area contributed by atoms with Crippen molar-refractivity contribution in [2.24, 2.45) is 4.99 Å². The molecule has 2 heterocycles. The molecule has 4 rings (SSSR count). The molecule has 1 fully saturated rings. The van der Waals surface area contributed by atoms with Gasteiger partial charge in [-0.2, -0.15) is 0 Å². The molecule has 1 saturated heterocycles. The lowest BCUT2D eigenvalue weighted by atomic mass is 10.1. The Morgan fingerprint density at radius 1 is 0.900 bits per heavy atom. The third kappa shape index (κ3) is 4.71. The molecule has 160 valence electrons. The number of nitrogens with zero attached hydrogens (tertiary/aromatic N) is 3. The number of rotatable bonds is 7. The normalized spacial score (nSPS) is 17.7. The summed E-state index contributed by atoms with van der Waals surface area (Å²) in [5.41, 5.74) is 2.21. The molecule has 2 aromatic rings. The summed E-state index contributed by atoms with van der Waals surface area (Å²) in [5, 5.41) is 18.6. The Kier molecular flexibility index (Phi) is 7.07. The van der Waals surface area contributed by atoms with Crippen LogP contribution in [-0.4, -0.2) is 91.1 Å². The number of benzene rings is 2. The molecule has 6 nitrogen and oxygen atoms in total. The fourth-order valence-corrected chi connectivity index (χ4v) is 5.22. The third-order valence-corrected chi connectivity index (χ3v) is 7.09. The largest absolute Gasteiger partial charge is 0.394 e. The predicted octanol–water partition coefficient (Wildman–Crippen LogP) is 2.36. The van der Waals surface area contributed by atoms with E-state index in [4.69, 9.17) is 14.8 Å². The molecule has 0 atom stereocenters. The molecule has 0 spiro atoms. The van der Waals surface area contributed by atoms with Gasteiger partial charge < -0.3 is 24.3 Å². The number of aliphatic hydroxyl groups is 2. The maximum absolute atomic E-state index is 9.64. The summed E-state index contributed by atoms with van der Waals surface area (Å²) in [5.74, 6) is 1.04. The third-order valence-electron chi connectivity index (χ3n) is 5.95. The van der Waals surface area contributed by atoms with Gasteiger partial charge >= 0.3 is 0 Å². The van der Waals surface area contributed by atoms with Crippen LogP contribution in [0.25, 0.3) is 0 Å². The van der Waals surface area contributed by atoms with Gasteiger partial charge in [-0.3, -0.25) is 0 Å². The summed E-state index contributed by atoms with van der Waals surface area (Å²) in [6, 6.07) is 16.8. The van der Waals surface area contributed by atoms with Gasteiger partial charge in [0.2, 0.25) is 0 Å². The molecular weight excluding hydrogens is 398 g/mol. The van der Waals surface area contributed by atoms with Crippen molar-refractivity contribution >= 4 is 23.3 Å². The van der Waals surface area contributed by atoms with Gasteiger partial charge in [-0.05, 0) is 18.2 Å². The second kappa shape index (κ2) is 9.94. The van der Waals surface area contributed by atoms with E-state index in [1.54, 1.807) is 11.8 Å². The molecule has 2 N–H and O–H groups in total. The van der Waals surface area contributed by atoms with Gasteiger partial charge in [-0.15, -0.1) is 0 Å². The number of aliphatic imine (C=N–C) groups is 1. The molecule has 0 aromatic heterocycles. The molecule has 0 bridgehead atoms. The van der Waals surface area contributed by atoms with Crippen molar-refractivity contribution in [3.8, 4) is 0 Å². The topological polar surface area (TPSA) is 65.3 Å². The Morgan fingerprint density at radius 2 is 1.63 bits per heavy atom. The quantitative estimate of drug-likeness (QED) is 0.524. The van der Waals surface area contributed by atoms with Gasteiger partial charge in [-0.1, -0.05) is 42.1 Å². The number of hydrogen-bond acceptors (Lipinski definition) is 6. The monoisotopic (exact) mass is 428 g/mol. The van der Waals surface area contributed by atoms with Crippen molar-refractivity contribution in [3.63, 3.8) is 0 Å². The van der Waals surface area contributed by atoms with E-state index in [0.29, 0.717) is 13.2 Å². The number of ether oxygens (including phenoxy) is 1. The lowest BCUT2D eigenvalue weighted by molar-refractivity contribution is -0.932. The standard InChI is InChI=1S/C23H30N3O3S/c27-15-13-26(14-17-29-18-16-28)11-9-25(10-12-26)23-19-5-1-3-7-21(19)30-22-8-4-2-6-20(22)24-23/h1-8,27-28H,9-18H2/q+1. The minimum Gasteiger partial charge on any atom is -0.394 e. The number of hydrogen-bond donors (Lipinski definition) is 2. The highest BCUT2D eigenvalue weighted by molar-refractivity contribution is 7.99. The van der Waals surface area contributed by atoms with Gasteiger partial charge in [0.05, 0.1) is 58.3 Å². The highest BCUT2D eigenvalue weighted by atomic mass is 32.2. The summed E-state index contributed by atoms with van der Waals surface area (Å²) < 4.78 is 6.36. The maximum Gasteiger partial charge on any atom is 0.138 e. The molecule has 0 radical (unpaired) electrons. The van der Waals surface area contributed by atoms with E-state index in [9.17, 15) is 5.11 Å². The Labute approximate surface area is 182 Å². The van der Waals surface area contributed by atoms with Crippen molar-refractivity contribution in [2.45, 2.75) is 9.79 Å². The second-order valence-corrected chi connectivity index (χ2v) is 8.87. The first-order valence-corrected chi connectivity index (χ1v) is 11.4. The average molecular weight is 429 g/mol. The van der Waals surface area contributed by atoms with Crippen molar-refractivity contribution in [3.05, 3.63) is 54.1 Å². The summed E-state index contributed by atoms with van der Waals surface area (Å²) >= 11 is 1.78. The lowest BCUT2D eigenvalue weighted by Gasteiger charge is -2.45. The zero-order valence-corrected chi connectivity index (χ0v) is 18.1. The van der Waals surface area contributed by atoms with Crippen molar-refractivity contribution < 1.29 is 19.4 Å². The molecule has 0 aliphatic carbocycles. The van der Waals surface area contributed by atoms with Crippen LogP contribution >= 0.6 is 11.8 Å². The summed E-state index contributed by atoms with van der Waals surface area (Å²) in [4.78, 5) is 9.91. The number of fused-ring (bicyclic) bond motifs is 2. The van der Waals surface area contributed by atoms with E-state index in [1.807, 2.05) is 6.07 Å². The van der Waals surface area contributed by atoms with Crippen LogP contribution in [0.1, 0.15) is 5.56 Å². The summed E-state index contributed by atoms with van der Waals surface area (Å²) in [7, 11) is 0. The molecule has 30 heavy (non-hydrogen) atoms. The van der Waals surface area contributed by atoms with Gasteiger partial charge in [0.15, 0.2) is 0 Å². The Hall–Kier alpha value is -1.90. The molecule has 2 aliphatic rings. The van der Waals surface area contributed by atoms with Gasteiger partial charge in [-0.25, -0.2) is 4.99 Å². The van der Waals surface area contributed by atoms with E-state index >= 15 is 0 Å². The number of aliphatic hydroxyl groups excluding tert-OH is 2. The SMILES string of the molecule is OCCOCC[N+]1(CCO)CCN(C2=Nc3ccccc3Sc3ccccc32)CC1. The molecule has 0 saturated carbocycles. The zero-order valence-electron chi connectivity index (χ0n) is 17.2. The van der Waals surface area contributed by atoms with E-state index in [1.165, 1.54) is 15.4 Å². The number of quaternary nitrogens is 1. The minimum atomic E-state index is 0.0481. The Balaban J connectivity index is 1.55. The van der Waals surface area contributed by atoms with E-state index in [2.05, 4.69) is 47.4 Å². The van der Waals surface area contributed by atoms with Gasteiger partial charge in [0, 0.05) is 15.4 Å². The summed E-state index contributed by atoms with van der Waals surface area (Å²) in [6.07, 6.45) is 0. The highest BCUT2D eigenvalue weighted by Gasteiger charge is 2.34. The van der Waals surface area contributed by atoms with Crippen molar-refractivity contribution in [1.29, 1.82) is 0 Å². The first-order valence-electron chi connectivity index (χ1n) is 10.6. The molecule has 2 aromatic carbocycles. The fourth-order valence-electron chi connectivity index (χ4n) is 4.21. The van der Waals surface area contributed by atoms with Gasteiger partial charge in [0.1, 0.15) is 18.9 Å². The maximum atomic E-state index is 9.64. The van der Waals surface area contributed by atoms with Crippen LogP contribution in [0.3, 0.4) is 0 Å². The molecule has 7 heteroatoms. The number of amidine groups is 1. The zero-order chi connectivity index (χ0) is 20.8. The molecule has 2 aliphatic heterocycles. The number of para-hydroxylation sites is 1. The number of piperazine rings is 1. The average Bonchev–Trinajstić information content (AvgIpc) is 2.94. The van der Waals surface area contributed by atoms with Crippen LogP contribution in [0.15, 0.2) is 63.3 Å². The van der Waals surface area contributed by atoms with E-state index in [0.717, 1.165) is 55.3 Å². The Bertz CT molecular complexity index is 882. The molecule has 0 amide bonds. The van der Waals surface area contributed by atoms with Crippen LogP contribution < -0.4 is 0 Å². The fraction of sp³-hybridized carbons (Fsp3) is 0.435. The predicted molar refractivity (Wildman–Crippen MR) is 119 cm³/mol. The lowest BCUT2D eigenvalue weighted by Crippen LogP contribution is -2.62. The van der Waals surface area contributed by atoms with Crippen LogP contribution in [0.4, 0.5) is 5.69 Å². The van der Waals surface area contributed by atoms with Crippen molar-refractivity contribution in [1.82, 2.24) is 4.90 Å². The smallest absolute Gasteiger partial charge is 0.138 e. The van der Waals surface area contributed by atoms with Crippen LogP contribution in [0, 0.1) is 0 Å². The van der Waals surface area contributed by atoms with Crippen LogP contribution in [0.2, 0.25) is 0 Å². The molecular formula is C23H30N3O3S+. The van der Waals surface area contributed by atoms with E-state index < -0.39 is 0 Å². The first-order chi connectivity index (χ1) is 14.7. The summed E-state index contributed by atoms with van der Waals surface area (Å²) in [6.45, 7) is 6.46. The van der Waals surface area contributed by atoms with Crippen LogP contribution in [-0.2, 0) is 4.74 Å². The van der Waals surface area contributed by atoms with E-state index in [-0.39, 0.29) is 13.2 Å². The highest BCUT2D eigenvalue weighted by Crippen LogP contribution is 2.40. The molecule has 0 unspecified atom stereocenters. The second-order valence-electron chi connectivity index (χ2n) is 7.78. The van der Waals surface area contributed by atoms with Crippen molar-refractivity contribution in [2.75, 3.05) is 65.7 Å². The minimum absolute atomic E-state index is 0.0481. The first kappa shape index (κ1) is 21.3. The van der Waals surface area contributed by atoms with Crippen LogP contribution in [0.5, 0.6) is 0 Å². The van der Waals surface area contributed by atoms with Gasteiger partial charge in [0.25, 0.3) is 0 Å².